The number of nitrogens with zero attached hydrogens (tertiary/aromatic N) is 2. The highest BCUT2D eigenvalue weighted by Crippen LogP contribution is 2.34. The van der Waals surface area contributed by atoms with Crippen molar-refractivity contribution in [3.8, 4) is 11.5 Å². The lowest BCUT2D eigenvalue weighted by atomic mass is 10.2. The van der Waals surface area contributed by atoms with Gasteiger partial charge >= 0.3 is 0 Å². The van der Waals surface area contributed by atoms with E-state index in [1.807, 2.05) is 30.3 Å². The van der Waals surface area contributed by atoms with E-state index >= 15 is 0 Å². The Labute approximate surface area is 163 Å². The molecule has 0 unspecified atom stereocenters. The zero-order valence-electron chi connectivity index (χ0n) is 15.6. The van der Waals surface area contributed by atoms with Gasteiger partial charge in [0.15, 0.2) is 11.5 Å². The molecule has 0 radical (unpaired) electrons. The van der Waals surface area contributed by atoms with Crippen LogP contribution in [-0.4, -0.2) is 24.2 Å². The number of hydrogen-bond acceptors (Lipinski definition) is 5. The zero-order chi connectivity index (χ0) is 19.3. The Balaban J connectivity index is 1.50. The second-order valence-electron chi connectivity index (χ2n) is 6.42. The van der Waals surface area contributed by atoms with Crippen LogP contribution in [0.25, 0.3) is 0 Å². The quantitative estimate of drug-likeness (QED) is 0.703. The minimum atomic E-state index is -0.267. The molecule has 2 heterocycles. The molecule has 1 N–H and O–H groups in total. The summed E-state index contributed by atoms with van der Waals surface area (Å²) >= 11 is 0. The molecule has 142 valence electrons. The maximum absolute atomic E-state index is 12.7. The van der Waals surface area contributed by atoms with E-state index in [1.54, 1.807) is 24.4 Å². The van der Waals surface area contributed by atoms with Gasteiger partial charge in [0, 0.05) is 36.7 Å². The molecule has 0 saturated carbocycles. The molecule has 0 spiro atoms. The fourth-order valence-electron chi connectivity index (χ4n) is 3.10. The Morgan fingerprint density at radius 3 is 2.71 bits per heavy atom. The number of ether oxygens (including phenoxy) is 2. The number of fused-ring (bicyclic) bond motifs is 1. The van der Waals surface area contributed by atoms with Gasteiger partial charge in [0.25, 0.3) is 5.91 Å². The van der Waals surface area contributed by atoms with Crippen molar-refractivity contribution in [2.45, 2.75) is 13.5 Å². The van der Waals surface area contributed by atoms with Gasteiger partial charge in [-0.15, -0.1) is 0 Å². The standard InChI is InChI=1S/C22H21N3O3/c1-2-25(14-16-6-4-3-5-7-16)18-10-11-23-19(13-18)22(26)24-17-8-9-20-21(12-17)28-15-27-20/h3-13H,2,14-15H2,1H3,(H,24,26). The molecule has 1 aliphatic rings. The minimum absolute atomic E-state index is 0.199. The second-order valence-corrected chi connectivity index (χ2v) is 6.42. The van der Waals surface area contributed by atoms with Gasteiger partial charge in [-0.25, -0.2) is 0 Å². The van der Waals surface area contributed by atoms with Crippen molar-refractivity contribution in [2.24, 2.45) is 0 Å². The highest BCUT2D eigenvalue weighted by Gasteiger charge is 2.16. The molecule has 2 aromatic carbocycles. The molecule has 0 atom stereocenters. The highest BCUT2D eigenvalue weighted by molar-refractivity contribution is 6.03. The first-order valence-corrected chi connectivity index (χ1v) is 9.19. The van der Waals surface area contributed by atoms with Crippen molar-refractivity contribution in [1.82, 2.24) is 4.98 Å². The number of hydrogen-bond donors (Lipinski definition) is 1. The Kier molecular flexibility index (Phi) is 5.10. The Hall–Kier alpha value is -3.54. The van der Waals surface area contributed by atoms with Gasteiger partial charge in [-0.3, -0.25) is 9.78 Å². The van der Waals surface area contributed by atoms with Crippen LogP contribution in [0.1, 0.15) is 23.0 Å². The predicted molar refractivity (Wildman–Crippen MR) is 108 cm³/mol. The van der Waals surface area contributed by atoms with Crippen molar-refractivity contribution in [2.75, 3.05) is 23.6 Å². The zero-order valence-corrected chi connectivity index (χ0v) is 15.6. The summed E-state index contributed by atoms with van der Waals surface area (Å²) in [5, 5.41) is 2.87. The fourth-order valence-corrected chi connectivity index (χ4v) is 3.10. The van der Waals surface area contributed by atoms with Crippen LogP contribution in [0.4, 0.5) is 11.4 Å². The van der Waals surface area contributed by atoms with E-state index in [4.69, 9.17) is 9.47 Å². The Bertz CT molecular complexity index is 976. The number of rotatable bonds is 6. The Morgan fingerprint density at radius 2 is 1.89 bits per heavy atom. The molecule has 0 saturated heterocycles. The first kappa shape index (κ1) is 17.9. The van der Waals surface area contributed by atoms with Crippen LogP contribution in [0, 0.1) is 0 Å². The molecule has 0 bridgehead atoms. The molecule has 4 rings (SSSR count). The van der Waals surface area contributed by atoms with Crippen LogP contribution in [0.5, 0.6) is 11.5 Å². The summed E-state index contributed by atoms with van der Waals surface area (Å²) in [6.07, 6.45) is 1.66. The monoisotopic (exact) mass is 375 g/mol. The number of amides is 1. The van der Waals surface area contributed by atoms with E-state index in [9.17, 15) is 4.79 Å². The Morgan fingerprint density at radius 1 is 1.07 bits per heavy atom. The van der Waals surface area contributed by atoms with Crippen LogP contribution in [-0.2, 0) is 6.54 Å². The SMILES string of the molecule is CCN(Cc1ccccc1)c1ccnc(C(=O)Nc2ccc3c(c2)OCO3)c1. The summed E-state index contributed by atoms with van der Waals surface area (Å²) < 4.78 is 10.6. The van der Waals surface area contributed by atoms with Crippen LogP contribution >= 0.6 is 0 Å². The summed E-state index contributed by atoms with van der Waals surface area (Å²) in [7, 11) is 0. The van der Waals surface area contributed by atoms with Crippen LogP contribution < -0.4 is 19.7 Å². The number of pyridine rings is 1. The number of nitrogens with one attached hydrogen (secondary N) is 1. The van der Waals surface area contributed by atoms with Crippen molar-refractivity contribution in [1.29, 1.82) is 0 Å². The lowest BCUT2D eigenvalue weighted by Crippen LogP contribution is -2.23. The summed E-state index contributed by atoms with van der Waals surface area (Å²) in [4.78, 5) is 19.1. The van der Waals surface area contributed by atoms with Gasteiger partial charge in [0.05, 0.1) is 0 Å². The summed E-state index contributed by atoms with van der Waals surface area (Å²) in [5.41, 5.74) is 3.17. The van der Waals surface area contributed by atoms with Gasteiger partial charge in [-0.05, 0) is 36.8 Å². The minimum Gasteiger partial charge on any atom is -0.454 e. The van der Waals surface area contributed by atoms with Crippen molar-refractivity contribution in [3.05, 3.63) is 78.1 Å². The predicted octanol–water partition coefficient (Wildman–Crippen LogP) is 4.09. The van der Waals surface area contributed by atoms with Crippen LogP contribution in [0.15, 0.2) is 66.9 Å². The van der Waals surface area contributed by atoms with Gasteiger partial charge in [0.2, 0.25) is 6.79 Å². The molecule has 1 aliphatic heterocycles. The third kappa shape index (κ3) is 3.91. The second kappa shape index (κ2) is 8.00. The van der Waals surface area contributed by atoms with Crippen molar-refractivity contribution in [3.63, 3.8) is 0 Å². The molecule has 1 aromatic heterocycles. The van der Waals surface area contributed by atoms with Crippen LogP contribution in [0.2, 0.25) is 0 Å². The third-order valence-corrected chi connectivity index (χ3v) is 4.57. The summed E-state index contributed by atoms with van der Waals surface area (Å²) in [5.74, 6) is 1.04. The third-order valence-electron chi connectivity index (χ3n) is 4.57. The molecule has 0 aliphatic carbocycles. The first-order valence-electron chi connectivity index (χ1n) is 9.19. The number of aromatic nitrogens is 1. The molecule has 0 fully saturated rings. The first-order chi connectivity index (χ1) is 13.7. The molecular weight excluding hydrogens is 354 g/mol. The summed E-state index contributed by atoms with van der Waals surface area (Å²) in [6.45, 7) is 3.88. The molecule has 6 heteroatoms. The van der Waals surface area contributed by atoms with Crippen molar-refractivity contribution >= 4 is 17.3 Å². The molecule has 1 amide bonds. The van der Waals surface area contributed by atoms with E-state index < -0.39 is 0 Å². The number of benzene rings is 2. The maximum Gasteiger partial charge on any atom is 0.274 e. The average Bonchev–Trinajstić information content (AvgIpc) is 3.21. The van der Waals surface area contributed by atoms with Gasteiger partial charge in [0.1, 0.15) is 5.69 Å². The molecule has 3 aromatic rings. The molecule has 6 nitrogen and oxygen atoms in total. The molecule has 28 heavy (non-hydrogen) atoms. The lowest BCUT2D eigenvalue weighted by Gasteiger charge is -2.23. The van der Waals surface area contributed by atoms with Gasteiger partial charge in [-0.2, -0.15) is 0 Å². The maximum atomic E-state index is 12.7. The largest absolute Gasteiger partial charge is 0.454 e. The van der Waals surface area contributed by atoms with E-state index in [0.717, 1.165) is 18.8 Å². The van der Waals surface area contributed by atoms with Gasteiger partial charge < -0.3 is 19.7 Å². The van der Waals surface area contributed by atoms with E-state index in [1.165, 1.54) is 5.56 Å². The normalized spacial score (nSPS) is 11.9. The van der Waals surface area contributed by atoms with E-state index in [-0.39, 0.29) is 12.7 Å². The molecular formula is C22H21N3O3. The van der Waals surface area contributed by atoms with Gasteiger partial charge in [-0.1, -0.05) is 30.3 Å². The van der Waals surface area contributed by atoms with E-state index in [0.29, 0.717) is 22.9 Å². The lowest BCUT2D eigenvalue weighted by molar-refractivity contribution is 0.102. The summed E-state index contributed by atoms with van der Waals surface area (Å²) in [6, 6.07) is 19.3. The van der Waals surface area contributed by atoms with E-state index in [2.05, 4.69) is 34.3 Å². The number of carbonyl (C=O) groups is 1. The fraction of sp³-hybridized carbons (Fsp3) is 0.182. The smallest absolute Gasteiger partial charge is 0.274 e. The number of anilines is 2. The average molecular weight is 375 g/mol. The number of carbonyl (C=O) groups excluding carboxylic acids is 1. The highest BCUT2D eigenvalue weighted by atomic mass is 16.7. The topological polar surface area (TPSA) is 63.7 Å². The van der Waals surface area contributed by atoms with Crippen molar-refractivity contribution < 1.29 is 14.3 Å². The van der Waals surface area contributed by atoms with Crippen LogP contribution in [0.3, 0.4) is 0 Å².